The molecule has 31 heavy (non-hydrogen) atoms. The molecule has 3 aliphatic rings. The van der Waals surface area contributed by atoms with E-state index in [9.17, 15) is 22.0 Å². The number of pyridine rings is 1. The lowest BCUT2D eigenvalue weighted by molar-refractivity contribution is -0.0393. The number of fused-ring (bicyclic) bond motifs is 3. The first-order valence-corrected chi connectivity index (χ1v) is 12.0. The first-order chi connectivity index (χ1) is 14.7. The van der Waals surface area contributed by atoms with Crippen molar-refractivity contribution < 1.29 is 22.0 Å². The van der Waals surface area contributed by atoms with Crippen molar-refractivity contribution in [2.24, 2.45) is 0 Å². The molecule has 0 saturated heterocycles. The van der Waals surface area contributed by atoms with Gasteiger partial charge in [0, 0.05) is 24.4 Å². The molecule has 0 aromatic carbocycles. The Kier molecular flexibility index (Phi) is 4.58. The molecule has 2 N–H and O–H groups in total. The summed E-state index contributed by atoms with van der Waals surface area (Å²) in [7, 11) is -4.53. The minimum absolute atomic E-state index is 0.200. The lowest BCUT2D eigenvalue weighted by atomic mass is 10.0. The number of hydrogen-bond donors (Lipinski definition) is 2. The normalized spacial score (nSPS) is 21.3. The van der Waals surface area contributed by atoms with Gasteiger partial charge in [-0.1, -0.05) is 6.92 Å². The SMILES string of the molecule is CC1CCc2c1nc1c(c2NC(=O)NS(=O)(=O)c2cnn3c2C(F)(F)CCC3)CCC1. The van der Waals surface area contributed by atoms with Crippen LogP contribution in [0.3, 0.4) is 0 Å². The fourth-order valence-corrected chi connectivity index (χ4v) is 6.04. The fraction of sp³-hybridized carbons (Fsp3) is 0.550. The van der Waals surface area contributed by atoms with Gasteiger partial charge in [0.25, 0.3) is 15.9 Å². The molecule has 0 radical (unpaired) electrons. The number of halogens is 2. The summed E-state index contributed by atoms with van der Waals surface area (Å²) < 4.78 is 57.3. The average molecular weight is 451 g/mol. The van der Waals surface area contributed by atoms with Gasteiger partial charge < -0.3 is 5.32 Å². The molecule has 8 nitrogen and oxygen atoms in total. The number of urea groups is 1. The number of anilines is 1. The number of amides is 2. The van der Waals surface area contributed by atoms with E-state index in [-0.39, 0.29) is 18.9 Å². The number of hydrogen-bond acceptors (Lipinski definition) is 5. The van der Waals surface area contributed by atoms with Crippen LogP contribution in [0, 0.1) is 0 Å². The average Bonchev–Trinajstić information content (AvgIpc) is 3.40. The van der Waals surface area contributed by atoms with Gasteiger partial charge in [0.05, 0.1) is 11.9 Å². The molecule has 2 aliphatic carbocycles. The van der Waals surface area contributed by atoms with Gasteiger partial charge in [0.1, 0.15) is 10.6 Å². The highest BCUT2D eigenvalue weighted by atomic mass is 32.2. The molecule has 0 fully saturated rings. The first-order valence-electron chi connectivity index (χ1n) is 10.5. The van der Waals surface area contributed by atoms with Gasteiger partial charge in [-0.05, 0) is 55.6 Å². The molecular formula is C20H23F2N5O3S. The second-order valence-corrected chi connectivity index (χ2v) is 10.2. The molecular weight excluding hydrogens is 428 g/mol. The zero-order valence-electron chi connectivity index (χ0n) is 17.0. The van der Waals surface area contributed by atoms with Crippen LogP contribution in [0.15, 0.2) is 11.1 Å². The summed E-state index contributed by atoms with van der Waals surface area (Å²) in [6.45, 7) is 2.29. The largest absolute Gasteiger partial charge is 0.333 e. The number of alkyl halides is 2. The predicted molar refractivity (Wildman–Crippen MR) is 108 cm³/mol. The number of sulfonamides is 1. The van der Waals surface area contributed by atoms with Gasteiger partial charge in [-0.3, -0.25) is 9.67 Å². The van der Waals surface area contributed by atoms with E-state index in [0.29, 0.717) is 5.69 Å². The van der Waals surface area contributed by atoms with Crippen molar-refractivity contribution >= 4 is 21.7 Å². The maximum atomic E-state index is 14.4. The van der Waals surface area contributed by atoms with Crippen molar-refractivity contribution in [2.75, 3.05) is 5.32 Å². The number of carbonyl (C=O) groups is 1. The van der Waals surface area contributed by atoms with E-state index >= 15 is 0 Å². The lowest BCUT2D eigenvalue weighted by Gasteiger charge is -2.24. The Balaban J connectivity index is 1.44. The minimum atomic E-state index is -4.53. The Bertz CT molecular complexity index is 1190. The molecule has 2 aromatic rings. The van der Waals surface area contributed by atoms with Crippen LogP contribution in [-0.2, 0) is 41.8 Å². The van der Waals surface area contributed by atoms with Crippen LogP contribution in [0.25, 0.3) is 0 Å². The van der Waals surface area contributed by atoms with Gasteiger partial charge in [-0.2, -0.15) is 13.9 Å². The number of aryl methyl sites for hydroxylation is 2. The Labute approximate surface area is 178 Å². The molecule has 11 heteroatoms. The van der Waals surface area contributed by atoms with E-state index in [1.807, 2.05) is 4.72 Å². The zero-order chi connectivity index (χ0) is 22.0. The lowest BCUT2D eigenvalue weighted by Crippen LogP contribution is -2.37. The van der Waals surface area contributed by atoms with E-state index in [1.54, 1.807) is 0 Å². The summed E-state index contributed by atoms with van der Waals surface area (Å²) in [5.41, 5.74) is 3.72. The van der Waals surface area contributed by atoms with Gasteiger partial charge in [-0.25, -0.2) is 17.9 Å². The Hall–Kier alpha value is -2.56. The maximum absolute atomic E-state index is 14.4. The van der Waals surface area contributed by atoms with E-state index in [4.69, 9.17) is 4.98 Å². The fourth-order valence-electron chi connectivity index (χ4n) is 4.94. The van der Waals surface area contributed by atoms with Crippen molar-refractivity contribution in [1.82, 2.24) is 19.5 Å². The van der Waals surface area contributed by atoms with Crippen molar-refractivity contribution in [3.05, 3.63) is 34.4 Å². The second-order valence-electron chi connectivity index (χ2n) is 8.52. The summed E-state index contributed by atoms with van der Waals surface area (Å²) >= 11 is 0. The summed E-state index contributed by atoms with van der Waals surface area (Å²) in [5.74, 6) is -3.05. The first kappa shape index (κ1) is 20.3. The van der Waals surface area contributed by atoms with Crippen LogP contribution < -0.4 is 10.0 Å². The molecule has 1 atom stereocenters. The number of aromatic nitrogens is 3. The highest BCUT2D eigenvalue weighted by molar-refractivity contribution is 7.90. The van der Waals surface area contributed by atoms with Crippen LogP contribution in [0.1, 0.15) is 66.7 Å². The number of rotatable bonds is 3. The summed E-state index contributed by atoms with van der Waals surface area (Å²) in [6.07, 6.45) is 4.79. The maximum Gasteiger partial charge on any atom is 0.333 e. The third kappa shape index (κ3) is 3.29. The summed E-state index contributed by atoms with van der Waals surface area (Å²) in [6, 6.07) is -0.971. The highest BCUT2D eigenvalue weighted by Crippen LogP contribution is 2.42. The standard InChI is InChI=1S/C20H23F2N5O3S/c1-11-6-7-13-16(11)24-14-5-2-4-12(14)17(13)25-19(28)26-31(29,30)15-10-23-27-9-3-8-20(21,22)18(15)27/h10-11H,2-9H2,1H3,(H2,24,25,26,28). The van der Waals surface area contributed by atoms with Gasteiger partial charge in [-0.15, -0.1) is 0 Å². The smallest absolute Gasteiger partial charge is 0.306 e. The molecule has 2 amide bonds. The van der Waals surface area contributed by atoms with Crippen molar-refractivity contribution in [3.63, 3.8) is 0 Å². The number of nitrogens with zero attached hydrogens (tertiary/aromatic N) is 3. The van der Waals surface area contributed by atoms with Crippen LogP contribution in [0.5, 0.6) is 0 Å². The van der Waals surface area contributed by atoms with Gasteiger partial charge in [0.15, 0.2) is 0 Å². The zero-order valence-corrected chi connectivity index (χ0v) is 17.9. The monoisotopic (exact) mass is 451 g/mol. The number of nitrogens with one attached hydrogen (secondary N) is 2. The topological polar surface area (TPSA) is 106 Å². The second kappa shape index (κ2) is 6.98. The van der Waals surface area contributed by atoms with E-state index < -0.39 is 39.0 Å². The van der Waals surface area contributed by atoms with E-state index in [1.165, 1.54) is 0 Å². The molecule has 0 spiro atoms. The third-order valence-electron chi connectivity index (χ3n) is 6.42. The van der Waals surface area contributed by atoms with Gasteiger partial charge in [0.2, 0.25) is 0 Å². The molecule has 166 valence electrons. The highest BCUT2D eigenvalue weighted by Gasteiger charge is 2.44. The Morgan fingerprint density at radius 2 is 2.03 bits per heavy atom. The summed E-state index contributed by atoms with van der Waals surface area (Å²) in [4.78, 5) is 16.8. The number of carbonyl (C=O) groups excluding carboxylic acids is 1. The molecule has 1 aliphatic heterocycles. The van der Waals surface area contributed by atoms with Crippen molar-refractivity contribution in [2.45, 2.75) is 75.2 Å². The minimum Gasteiger partial charge on any atom is -0.306 e. The van der Waals surface area contributed by atoms with Crippen LogP contribution in [-0.4, -0.2) is 29.2 Å². The Morgan fingerprint density at radius 3 is 2.84 bits per heavy atom. The van der Waals surface area contributed by atoms with E-state index in [0.717, 1.165) is 65.5 Å². The van der Waals surface area contributed by atoms with Crippen LogP contribution >= 0.6 is 0 Å². The van der Waals surface area contributed by atoms with Gasteiger partial charge >= 0.3 is 6.03 Å². The molecule has 0 bridgehead atoms. The quantitative estimate of drug-likeness (QED) is 0.745. The molecule has 5 rings (SSSR count). The third-order valence-corrected chi connectivity index (χ3v) is 7.75. The van der Waals surface area contributed by atoms with Crippen molar-refractivity contribution in [3.8, 4) is 0 Å². The molecule has 2 aromatic heterocycles. The molecule has 3 heterocycles. The van der Waals surface area contributed by atoms with E-state index in [2.05, 4.69) is 17.3 Å². The summed E-state index contributed by atoms with van der Waals surface area (Å²) in [5, 5.41) is 6.49. The molecule has 1 unspecified atom stereocenters. The Morgan fingerprint density at radius 1 is 1.23 bits per heavy atom. The van der Waals surface area contributed by atoms with Crippen LogP contribution in [0.4, 0.5) is 19.3 Å². The predicted octanol–water partition coefficient (Wildman–Crippen LogP) is 3.21. The molecule has 0 saturated carbocycles. The van der Waals surface area contributed by atoms with Crippen LogP contribution in [0.2, 0.25) is 0 Å². The van der Waals surface area contributed by atoms with Crippen molar-refractivity contribution in [1.29, 1.82) is 0 Å².